The maximum absolute atomic E-state index is 12.9. The van der Waals surface area contributed by atoms with Crippen LogP contribution in [0.5, 0.6) is 0 Å². The first-order valence-electron chi connectivity index (χ1n) is 11.3. The van der Waals surface area contributed by atoms with E-state index in [9.17, 15) is 4.79 Å². The van der Waals surface area contributed by atoms with Crippen molar-refractivity contribution in [3.8, 4) is 0 Å². The van der Waals surface area contributed by atoms with Crippen molar-refractivity contribution in [2.75, 3.05) is 23.8 Å². The Kier molecular flexibility index (Phi) is 8.09. The van der Waals surface area contributed by atoms with E-state index in [1.807, 2.05) is 47.4 Å². The number of benzene rings is 2. The van der Waals surface area contributed by atoms with Gasteiger partial charge in [-0.2, -0.15) is 0 Å². The number of carbonyl (C=O) groups excluding carboxylic acids is 1. The van der Waals surface area contributed by atoms with E-state index in [1.165, 1.54) is 5.57 Å². The Morgan fingerprint density at radius 3 is 2.63 bits per heavy atom. The molecule has 1 aliphatic heterocycles. The number of allylic oxidation sites excluding steroid dienone is 6. The van der Waals surface area contributed by atoms with Gasteiger partial charge >= 0.3 is 17.1 Å². The van der Waals surface area contributed by atoms with Crippen LogP contribution in [0.2, 0.25) is 5.02 Å². The molecular formula is C28H25ClFeN4O+2. The largest absolute Gasteiger partial charge is 2.00 e. The molecule has 1 aromatic heterocycles. The van der Waals surface area contributed by atoms with Gasteiger partial charge in [0, 0.05) is 34.5 Å². The summed E-state index contributed by atoms with van der Waals surface area (Å²) < 4.78 is 0. The molecule has 35 heavy (non-hydrogen) atoms. The van der Waals surface area contributed by atoms with Crippen LogP contribution in [0, 0.1) is 0 Å². The molecule has 0 bridgehead atoms. The van der Waals surface area contributed by atoms with Crippen LogP contribution < -0.4 is 10.6 Å². The second kappa shape index (κ2) is 11.4. The van der Waals surface area contributed by atoms with Gasteiger partial charge in [0.1, 0.15) is 0 Å². The summed E-state index contributed by atoms with van der Waals surface area (Å²) in [5.41, 5.74) is 5.40. The van der Waals surface area contributed by atoms with E-state index in [0.29, 0.717) is 23.8 Å². The number of halogens is 1. The molecule has 1 amide bonds. The van der Waals surface area contributed by atoms with E-state index < -0.39 is 0 Å². The second-order valence-corrected chi connectivity index (χ2v) is 8.69. The molecule has 0 unspecified atom stereocenters. The molecule has 3 aromatic rings. The number of hydrogen-bond donors (Lipinski definition) is 2. The van der Waals surface area contributed by atoms with Crippen LogP contribution in [0.4, 0.5) is 17.1 Å². The average Bonchev–Trinajstić information content (AvgIpc) is 3.58. The van der Waals surface area contributed by atoms with Gasteiger partial charge in [-0.05, 0) is 60.9 Å². The van der Waals surface area contributed by atoms with Crippen molar-refractivity contribution in [1.82, 2.24) is 9.88 Å². The minimum Gasteiger partial charge on any atom is -0.367 e. The topological polar surface area (TPSA) is 57.3 Å². The third-order valence-corrected chi connectivity index (χ3v) is 6.09. The maximum Gasteiger partial charge on any atom is 2.00 e. The molecule has 5 nitrogen and oxygen atoms in total. The van der Waals surface area contributed by atoms with Gasteiger partial charge in [-0.15, -0.1) is 0 Å². The van der Waals surface area contributed by atoms with E-state index in [0.717, 1.165) is 40.8 Å². The fraction of sp³-hybridized carbons (Fsp3) is 0.143. The minimum atomic E-state index is 0. The van der Waals surface area contributed by atoms with Crippen LogP contribution in [-0.2, 0) is 17.1 Å². The fourth-order valence-corrected chi connectivity index (χ4v) is 4.29. The Morgan fingerprint density at radius 1 is 1.03 bits per heavy atom. The summed E-state index contributed by atoms with van der Waals surface area (Å²) >= 11 is 6.08. The summed E-state index contributed by atoms with van der Waals surface area (Å²) in [7, 11) is 0. The van der Waals surface area contributed by atoms with E-state index >= 15 is 0 Å². The predicted octanol–water partition coefficient (Wildman–Crippen LogP) is 6.84. The van der Waals surface area contributed by atoms with Crippen molar-refractivity contribution in [3.63, 3.8) is 0 Å². The molecule has 0 saturated heterocycles. The zero-order chi connectivity index (χ0) is 23.3. The van der Waals surface area contributed by atoms with Gasteiger partial charge in [-0.3, -0.25) is 9.78 Å². The number of amides is 1. The number of carbonyl (C=O) groups is 1. The first-order chi connectivity index (χ1) is 16.7. The van der Waals surface area contributed by atoms with Gasteiger partial charge in [0.25, 0.3) is 5.91 Å². The first kappa shape index (κ1) is 24.8. The molecule has 2 heterocycles. The van der Waals surface area contributed by atoms with Crippen molar-refractivity contribution < 1.29 is 21.9 Å². The van der Waals surface area contributed by atoms with Gasteiger partial charge in [-0.25, -0.2) is 0 Å². The fourth-order valence-electron chi connectivity index (χ4n) is 4.13. The van der Waals surface area contributed by atoms with E-state index in [2.05, 4.69) is 58.1 Å². The molecule has 176 valence electrons. The van der Waals surface area contributed by atoms with E-state index in [-0.39, 0.29) is 23.0 Å². The molecular weight excluding hydrogens is 500 g/mol. The summed E-state index contributed by atoms with van der Waals surface area (Å²) in [6.07, 6.45) is 18.6. The number of anilines is 3. The monoisotopic (exact) mass is 524 g/mol. The third-order valence-electron chi connectivity index (χ3n) is 5.86. The molecule has 6 rings (SSSR count). The zero-order valence-corrected chi connectivity index (χ0v) is 20.9. The summed E-state index contributed by atoms with van der Waals surface area (Å²) in [5.74, 6) is 0.0514. The Hall–Kier alpha value is -3.31. The van der Waals surface area contributed by atoms with Crippen LogP contribution >= 0.6 is 11.6 Å². The Bertz CT molecular complexity index is 1350. The normalized spacial score (nSPS) is 15.2. The van der Waals surface area contributed by atoms with Gasteiger partial charge < -0.3 is 15.5 Å². The van der Waals surface area contributed by atoms with Crippen LogP contribution in [0.15, 0.2) is 96.8 Å². The van der Waals surface area contributed by atoms with Crippen molar-refractivity contribution in [1.29, 1.82) is 0 Å². The first-order valence-corrected chi connectivity index (χ1v) is 11.7. The standard InChI is InChI=1S/C23H19ClN4O.C5H6.Fe/c24-16-5-7-18-20(9-10-25-21(18)11-16)27-17-6-8-19-22(12-17)26-14-28(23(19)29)13-15-3-1-2-4-15;1-2-4-5-3-1;/h1,3-12,26H,2,13-14H2,(H,25,27);1-4H,5H2;/q;;+2. The number of nitrogens with one attached hydrogen (secondary N) is 2. The minimum absolute atomic E-state index is 0. The second-order valence-electron chi connectivity index (χ2n) is 8.25. The molecule has 2 N–H and O–H groups in total. The number of fused-ring (bicyclic) bond motifs is 2. The number of pyridine rings is 1. The van der Waals surface area contributed by atoms with Crippen LogP contribution in [0.1, 0.15) is 23.2 Å². The van der Waals surface area contributed by atoms with Crippen LogP contribution in [0.3, 0.4) is 0 Å². The van der Waals surface area contributed by atoms with Gasteiger partial charge in [0.2, 0.25) is 0 Å². The van der Waals surface area contributed by atoms with Crippen LogP contribution in [-0.4, -0.2) is 29.0 Å². The Balaban J connectivity index is 0.000000431. The number of hydrogen-bond acceptors (Lipinski definition) is 4. The molecule has 0 atom stereocenters. The third kappa shape index (κ3) is 5.85. The molecule has 2 aliphatic carbocycles. The molecule has 0 spiro atoms. The molecule has 3 aliphatic rings. The number of rotatable bonds is 4. The van der Waals surface area contributed by atoms with Crippen molar-refractivity contribution in [2.45, 2.75) is 12.8 Å². The molecule has 7 heteroatoms. The molecule has 0 radical (unpaired) electrons. The summed E-state index contributed by atoms with van der Waals surface area (Å²) in [4.78, 5) is 19.1. The van der Waals surface area contributed by atoms with E-state index in [1.54, 1.807) is 6.20 Å². The average molecular weight is 525 g/mol. The molecule has 0 saturated carbocycles. The van der Waals surface area contributed by atoms with Crippen LogP contribution in [0.25, 0.3) is 10.9 Å². The summed E-state index contributed by atoms with van der Waals surface area (Å²) in [5, 5.41) is 8.45. The Labute approximate surface area is 220 Å². The number of aromatic nitrogens is 1. The quantitative estimate of drug-likeness (QED) is 0.367. The molecule has 2 aromatic carbocycles. The van der Waals surface area contributed by atoms with Gasteiger partial charge in [-0.1, -0.05) is 54.1 Å². The Morgan fingerprint density at radius 2 is 1.89 bits per heavy atom. The van der Waals surface area contributed by atoms with Crippen molar-refractivity contribution in [3.05, 3.63) is 107 Å². The predicted molar refractivity (Wildman–Crippen MR) is 141 cm³/mol. The van der Waals surface area contributed by atoms with Crippen molar-refractivity contribution in [2.24, 2.45) is 0 Å². The van der Waals surface area contributed by atoms with E-state index in [4.69, 9.17) is 11.6 Å². The smallest absolute Gasteiger partial charge is 0.367 e. The van der Waals surface area contributed by atoms with Crippen molar-refractivity contribution >= 4 is 45.5 Å². The molecule has 0 fully saturated rings. The zero-order valence-electron chi connectivity index (χ0n) is 19.0. The SMILES string of the molecule is C1=CCC=C1.O=C1c2ccc(Nc3ccnc4cc(Cl)ccc34)cc2NCN1CC1=CCC=C1.[Fe+2]. The van der Waals surface area contributed by atoms with Gasteiger partial charge in [0.05, 0.1) is 23.4 Å². The maximum atomic E-state index is 12.9. The summed E-state index contributed by atoms with van der Waals surface area (Å²) in [6.45, 7) is 1.13. The van der Waals surface area contributed by atoms with Gasteiger partial charge in [0.15, 0.2) is 0 Å². The summed E-state index contributed by atoms with van der Waals surface area (Å²) in [6, 6.07) is 13.4. The number of nitrogens with zero attached hydrogens (tertiary/aromatic N) is 2.